The van der Waals surface area contributed by atoms with E-state index in [0.29, 0.717) is 25.9 Å². The zero-order chi connectivity index (χ0) is 45.8. The molecule has 0 rings (SSSR count). The molecule has 0 aliphatic rings. The lowest BCUT2D eigenvalue weighted by Crippen LogP contribution is -2.45. The van der Waals surface area contributed by atoms with E-state index in [1.54, 1.807) is 0 Å². The van der Waals surface area contributed by atoms with E-state index in [2.05, 4.69) is 43.5 Å². The van der Waals surface area contributed by atoms with E-state index in [9.17, 15) is 19.8 Å². The van der Waals surface area contributed by atoms with Crippen LogP contribution in [0.3, 0.4) is 0 Å². The number of rotatable bonds is 52. The monoisotopic (exact) mass is 888 g/mol. The second-order valence-electron chi connectivity index (χ2n) is 19.3. The highest BCUT2D eigenvalue weighted by Gasteiger charge is 2.20. The summed E-state index contributed by atoms with van der Waals surface area (Å²) in [6.45, 7) is 4.91. The van der Waals surface area contributed by atoms with Crippen LogP contribution in [0.25, 0.3) is 0 Å². The van der Waals surface area contributed by atoms with Crippen LogP contribution in [-0.2, 0) is 14.3 Å². The minimum absolute atomic E-state index is 0.0128. The number of amides is 1. The zero-order valence-corrected chi connectivity index (χ0v) is 42.3. The highest BCUT2D eigenvalue weighted by atomic mass is 16.5. The molecule has 0 aromatic rings. The van der Waals surface area contributed by atoms with E-state index in [-0.39, 0.29) is 18.5 Å². The Labute approximate surface area is 392 Å². The van der Waals surface area contributed by atoms with Crippen LogP contribution < -0.4 is 5.32 Å². The molecule has 0 aliphatic heterocycles. The summed E-state index contributed by atoms with van der Waals surface area (Å²) in [6.07, 6.45) is 62.9. The fourth-order valence-corrected chi connectivity index (χ4v) is 8.67. The molecule has 0 saturated heterocycles. The maximum absolute atomic E-state index is 12.5. The normalized spacial score (nSPS) is 12.8. The Morgan fingerprint density at radius 1 is 0.444 bits per heavy atom. The first-order valence-corrected chi connectivity index (χ1v) is 28.1. The first kappa shape index (κ1) is 61.3. The summed E-state index contributed by atoms with van der Waals surface area (Å²) in [5.41, 5.74) is 0. The summed E-state index contributed by atoms with van der Waals surface area (Å²) in [5, 5.41) is 23.3. The molecule has 63 heavy (non-hydrogen) atoms. The fourth-order valence-electron chi connectivity index (χ4n) is 8.67. The van der Waals surface area contributed by atoms with Crippen LogP contribution in [0.4, 0.5) is 0 Å². The number of esters is 1. The highest BCUT2D eigenvalue weighted by molar-refractivity contribution is 5.76. The third-order valence-electron chi connectivity index (χ3n) is 13.0. The van der Waals surface area contributed by atoms with E-state index in [0.717, 1.165) is 57.8 Å². The van der Waals surface area contributed by atoms with Gasteiger partial charge in [0.15, 0.2) is 0 Å². The van der Waals surface area contributed by atoms with Crippen molar-refractivity contribution in [1.82, 2.24) is 5.32 Å². The average molecular weight is 889 g/mol. The Balaban J connectivity index is 3.45. The van der Waals surface area contributed by atoms with Gasteiger partial charge in [-0.3, -0.25) is 9.59 Å². The van der Waals surface area contributed by atoms with E-state index in [1.807, 2.05) is 0 Å². The van der Waals surface area contributed by atoms with Crippen molar-refractivity contribution in [3.05, 3.63) is 24.3 Å². The molecule has 3 N–H and O–H groups in total. The van der Waals surface area contributed by atoms with Crippen molar-refractivity contribution in [3.63, 3.8) is 0 Å². The van der Waals surface area contributed by atoms with E-state index < -0.39 is 12.1 Å². The number of nitrogens with one attached hydrogen (secondary N) is 1. The lowest BCUT2D eigenvalue weighted by Gasteiger charge is -2.22. The van der Waals surface area contributed by atoms with Crippen molar-refractivity contribution >= 4 is 11.9 Å². The molecule has 0 saturated carbocycles. The number of hydrogen-bond donors (Lipinski definition) is 3. The van der Waals surface area contributed by atoms with Crippen molar-refractivity contribution in [2.45, 2.75) is 315 Å². The molecule has 0 radical (unpaired) electrons. The van der Waals surface area contributed by atoms with Crippen LogP contribution in [-0.4, -0.2) is 47.4 Å². The number of ether oxygens (including phenoxy) is 1. The van der Waals surface area contributed by atoms with Gasteiger partial charge in [0, 0.05) is 12.8 Å². The van der Waals surface area contributed by atoms with Crippen LogP contribution in [0.2, 0.25) is 0 Å². The van der Waals surface area contributed by atoms with Gasteiger partial charge in [-0.1, -0.05) is 256 Å². The molecule has 0 aromatic carbocycles. The van der Waals surface area contributed by atoms with Gasteiger partial charge in [-0.05, 0) is 57.8 Å². The van der Waals surface area contributed by atoms with Crippen molar-refractivity contribution in [3.8, 4) is 0 Å². The Morgan fingerprint density at radius 2 is 0.794 bits per heavy atom. The number of aliphatic hydroxyl groups excluding tert-OH is 2. The molecule has 0 fully saturated rings. The lowest BCUT2D eigenvalue weighted by molar-refractivity contribution is -0.143. The highest BCUT2D eigenvalue weighted by Crippen LogP contribution is 2.17. The summed E-state index contributed by atoms with van der Waals surface area (Å²) < 4.78 is 5.47. The predicted molar refractivity (Wildman–Crippen MR) is 273 cm³/mol. The Kier molecular flexibility index (Phi) is 51.6. The van der Waals surface area contributed by atoms with Gasteiger partial charge in [0.2, 0.25) is 5.91 Å². The summed E-state index contributed by atoms with van der Waals surface area (Å²) >= 11 is 0. The van der Waals surface area contributed by atoms with E-state index in [4.69, 9.17) is 4.74 Å². The molecule has 1 amide bonds. The Morgan fingerprint density at radius 3 is 1.24 bits per heavy atom. The molecule has 2 atom stereocenters. The lowest BCUT2D eigenvalue weighted by atomic mass is 10.0. The van der Waals surface area contributed by atoms with Gasteiger partial charge in [-0.15, -0.1) is 0 Å². The number of carbonyl (C=O) groups excluding carboxylic acids is 2. The molecule has 0 aliphatic carbocycles. The van der Waals surface area contributed by atoms with Gasteiger partial charge in [0.05, 0.1) is 25.4 Å². The summed E-state index contributed by atoms with van der Waals surface area (Å²) in [7, 11) is 0. The number of carbonyl (C=O) groups is 2. The topological polar surface area (TPSA) is 95.9 Å². The van der Waals surface area contributed by atoms with Crippen LogP contribution in [0, 0.1) is 0 Å². The van der Waals surface area contributed by atoms with Crippen LogP contribution in [0.15, 0.2) is 24.3 Å². The maximum Gasteiger partial charge on any atom is 0.305 e. The molecule has 372 valence electrons. The molecule has 6 nitrogen and oxygen atoms in total. The first-order chi connectivity index (χ1) is 31.0. The molecule has 6 heteroatoms. The van der Waals surface area contributed by atoms with Crippen molar-refractivity contribution in [2.75, 3.05) is 13.2 Å². The van der Waals surface area contributed by atoms with Crippen molar-refractivity contribution in [2.24, 2.45) is 0 Å². The van der Waals surface area contributed by atoms with Gasteiger partial charge >= 0.3 is 5.97 Å². The van der Waals surface area contributed by atoms with Crippen LogP contribution >= 0.6 is 0 Å². The quantitative estimate of drug-likeness (QED) is 0.0321. The summed E-state index contributed by atoms with van der Waals surface area (Å²) in [6, 6.07) is -0.551. The molecular weight excluding hydrogens is 779 g/mol. The van der Waals surface area contributed by atoms with E-state index >= 15 is 0 Å². The molecule has 0 aromatic heterocycles. The van der Waals surface area contributed by atoms with Crippen LogP contribution in [0.1, 0.15) is 303 Å². The first-order valence-electron chi connectivity index (χ1n) is 28.1. The third-order valence-corrected chi connectivity index (χ3v) is 13.0. The number of unbranched alkanes of at least 4 members (excludes halogenated alkanes) is 37. The zero-order valence-electron chi connectivity index (χ0n) is 42.3. The van der Waals surface area contributed by atoms with Gasteiger partial charge in [-0.25, -0.2) is 0 Å². The number of hydrogen-bond acceptors (Lipinski definition) is 5. The maximum atomic E-state index is 12.5. The SMILES string of the molecule is CCCCC/C=C\C/C=C\CCCCCCCCCC(=O)OCCCCCCCCCCCCCCCC(=O)NC(CO)C(O)CCCCCCCCCCCCCCCCCC. The molecule has 0 spiro atoms. The molecule has 0 heterocycles. The van der Waals surface area contributed by atoms with Crippen molar-refractivity contribution < 1.29 is 24.5 Å². The van der Waals surface area contributed by atoms with Gasteiger partial charge in [0.25, 0.3) is 0 Å². The molecule has 2 unspecified atom stereocenters. The molecular formula is C57H109NO5. The minimum Gasteiger partial charge on any atom is -0.466 e. The third kappa shape index (κ3) is 49.6. The predicted octanol–water partition coefficient (Wildman–Crippen LogP) is 17.1. The van der Waals surface area contributed by atoms with Gasteiger partial charge in [-0.2, -0.15) is 0 Å². The number of allylic oxidation sites excluding steroid dienone is 4. The minimum atomic E-state index is -0.673. The Bertz CT molecular complexity index is 982. The van der Waals surface area contributed by atoms with Crippen molar-refractivity contribution in [1.29, 1.82) is 0 Å². The van der Waals surface area contributed by atoms with E-state index in [1.165, 1.54) is 212 Å². The smallest absolute Gasteiger partial charge is 0.305 e. The average Bonchev–Trinajstić information content (AvgIpc) is 3.28. The van der Waals surface area contributed by atoms with Crippen LogP contribution in [0.5, 0.6) is 0 Å². The Hall–Kier alpha value is -1.66. The molecule has 0 bridgehead atoms. The largest absolute Gasteiger partial charge is 0.466 e. The number of aliphatic hydroxyl groups is 2. The fraction of sp³-hybridized carbons (Fsp3) is 0.895. The summed E-state index contributed by atoms with van der Waals surface area (Å²) in [5.74, 6) is -0.0595. The standard InChI is InChI=1S/C57H109NO5/c1-3-5-7-9-11-13-15-17-19-21-23-27-31-35-39-43-47-51-57(62)63-52-48-44-40-36-32-28-24-26-30-34-38-42-46-50-56(61)58-54(53-59)55(60)49-45-41-37-33-29-25-22-20-18-16-14-12-10-8-6-4-2/h11,13,17,19,54-55,59-60H,3-10,12,14-16,18,20-53H2,1-2H3,(H,58,61)/b13-11-,19-17-. The van der Waals surface area contributed by atoms with Gasteiger partial charge in [0.1, 0.15) is 0 Å². The second kappa shape index (κ2) is 53.0. The summed E-state index contributed by atoms with van der Waals surface area (Å²) in [4.78, 5) is 24.5. The van der Waals surface area contributed by atoms with Gasteiger partial charge < -0.3 is 20.3 Å². The second-order valence-corrected chi connectivity index (χ2v) is 19.3.